The SMILES string of the molecule is COC(=O)[C@H]1Cc2ccccc2N1C(=O)OCCCC1CCCCC1. The van der Waals surface area contributed by atoms with Crippen LogP contribution in [0.1, 0.15) is 50.5 Å². The van der Waals surface area contributed by atoms with E-state index in [4.69, 9.17) is 9.47 Å². The first-order valence-corrected chi connectivity index (χ1v) is 9.32. The number of rotatable bonds is 5. The van der Waals surface area contributed by atoms with Crippen molar-refractivity contribution in [2.24, 2.45) is 5.92 Å². The van der Waals surface area contributed by atoms with E-state index in [-0.39, 0.29) is 0 Å². The lowest BCUT2D eigenvalue weighted by molar-refractivity contribution is -0.142. The Morgan fingerprint density at radius 3 is 2.68 bits per heavy atom. The molecule has 136 valence electrons. The molecule has 5 heteroatoms. The summed E-state index contributed by atoms with van der Waals surface area (Å²) in [6.07, 6.45) is 8.64. The summed E-state index contributed by atoms with van der Waals surface area (Å²) in [5.74, 6) is 0.373. The summed E-state index contributed by atoms with van der Waals surface area (Å²) in [6, 6.07) is 6.92. The Hall–Kier alpha value is -2.04. The number of ether oxygens (including phenoxy) is 2. The Morgan fingerprint density at radius 1 is 1.16 bits per heavy atom. The Labute approximate surface area is 149 Å². The molecule has 5 nitrogen and oxygen atoms in total. The average molecular weight is 345 g/mol. The van der Waals surface area contributed by atoms with Crippen LogP contribution in [0.25, 0.3) is 0 Å². The van der Waals surface area contributed by atoms with Crippen LogP contribution in [0.5, 0.6) is 0 Å². The molecule has 2 aliphatic rings. The molecule has 0 unspecified atom stereocenters. The van der Waals surface area contributed by atoms with Crippen molar-refractivity contribution in [2.45, 2.75) is 57.4 Å². The molecule has 1 saturated carbocycles. The maximum atomic E-state index is 12.6. The van der Waals surface area contributed by atoms with E-state index >= 15 is 0 Å². The van der Waals surface area contributed by atoms with Crippen LogP contribution in [0.2, 0.25) is 0 Å². The summed E-state index contributed by atoms with van der Waals surface area (Å²) in [6.45, 7) is 0.405. The van der Waals surface area contributed by atoms with E-state index in [0.717, 1.165) is 30.0 Å². The van der Waals surface area contributed by atoms with Gasteiger partial charge >= 0.3 is 12.1 Å². The molecule has 25 heavy (non-hydrogen) atoms. The molecule has 1 amide bonds. The second-order valence-electron chi connectivity index (χ2n) is 7.00. The van der Waals surface area contributed by atoms with Crippen molar-refractivity contribution in [2.75, 3.05) is 18.6 Å². The number of esters is 1. The van der Waals surface area contributed by atoms with Crippen molar-refractivity contribution in [1.29, 1.82) is 0 Å². The highest BCUT2D eigenvalue weighted by Gasteiger charge is 2.39. The van der Waals surface area contributed by atoms with Crippen LogP contribution < -0.4 is 4.90 Å². The van der Waals surface area contributed by atoms with Crippen molar-refractivity contribution in [3.05, 3.63) is 29.8 Å². The number of anilines is 1. The highest BCUT2D eigenvalue weighted by Crippen LogP contribution is 2.33. The molecule has 1 heterocycles. The normalized spacial score (nSPS) is 20.2. The fraction of sp³-hybridized carbons (Fsp3) is 0.600. The number of benzene rings is 1. The first kappa shape index (κ1) is 17.8. The van der Waals surface area contributed by atoms with Gasteiger partial charge in [-0.2, -0.15) is 0 Å². The van der Waals surface area contributed by atoms with E-state index in [0.29, 0.717) is 13.0 Å². The lowest BCUT2D eigenvalue weighted by atomic mass is 9.86. The number of methoxy groups -OCH3 is 1. The molecule has 1 aromatic rings. The largest absolute Gasteiger partial charge is 0.467 e. The van der Waals surface area contributed by atoms with Crippen LogP contribution in [0.15, 0.2) is 24.3 Å². The Morgan fingerprint density at radius 2 is 1.92 bits per heavy atom. The third-order valence-corrected chi connectivity index (χ3v) is 5.35. The summed E-state index contributed by atoms with van der Waals surface area (Å²) < 4.78 is 10.3. The lowest BCUT2D eigenvalue weighted by Gasteiger charge is -2.24. The van der Waals surface area contributed by atoms with Crippen molar-refractivity contribution < 1.29 is 19.1 Å². The van der Waals surface area contributed by atoms with Gasteiger partial charge in [0.2, 0.25) is 0 Å². The van der Waals surface area contributed by atoms with Crippen molar-refractivity contribution in [3.8, 4) is 0 Å². The molecule has 1 fully saturated rings. The molecule has 0 saturated heterocycles. The van der Waals surface area contributed by atoms with Crippen molar-refractivity contribution in [1.82, 2.24) is 0 Å². The second kappa shape index (κ2) is 8.37. The van der Waals surface area contributed by atoms with Gasteiger partial charge in [-0.3, -0.25) is 4.90 Å². The van der Waals surface area contributed by atoms with Crippen LogP contribution in [-0.4, -0.2) is 31.8 Å². The Kier molecular flexibility index (Phi) is 5.95. The van der Waals surface area contributed by atoms with E-state index in [9.17, 15) is 9.59 Å². The standard InChI is InChI=1S/C20H27NO4/c1-24-19(22)18-14-16-11-5-6-12-17(16)21(18)20(23)25-13-7-10-15-8-3-2-4-9-15/h5-6,11-12,15,18H,2-4,7-10,13-14H2,1H3/t18-/m1/s1. The summed E-state index contributed by atoms with van der Waals surface area (Å²) in [5, 5.41) is 0. The zero-order valence-corrected chi connectivity index (χ0v) is 14.9. The monoisotopic (exact) mass is 345 g/mol. The highest BCUT2D eigenvalue weighted by atomic mass is 16.6. The number of carbonyl (C=O) groups is 2. The number of hydrogen-bond donors (Lipinski definition) is 0. The number of carbonyl (C=O) groups excluding carboxylic acids is 2. The Balaban J connectivity index is 1.56. The van der Waals surface area contributed by atoms with Gasteiger partial charge in [0.25, 0.3) is 0 Å². The minimum Gasteiger partial charge on any atom is -0.467 e. The van der Waals surface area contributed by atoms with Crippen LogP contribution in [0.4, 0.5) is 10.5 Å². The van der Waals surface area contributed by atoms with Gasteiger partial charge in [-0.1, -0.05) is 50.3 Å². The number of para-hydroxylation sites is 1. The minimum atomic E-state index is -0.631. The molecule has 1 atom stereocenters. The van der Waals surface area contributed by atoms with Gasteiger partial charge in [0.1, 0.15) is 6.04 Å². The summed E-state index contributed by atoms with van der Waals surface area (Å²) in [4.78, 5) is 26.1. The van der Waals surface area contributed by atoms with Gasteiger partial charge in [0.15, 0.2) is 0 Å². The van der Waals surface area contributed by atoms with Gasteiger partial charge in [-0.05, 0) is 30.4 Å². The molecule has 0 radical (unpaired) electrons. The fourth-order valence-electron chi connectivity index (χ4n) is 4.01. The molecule has 1 aromatic carbocycles. The van der Waals surface area contributed by atoms with E-state index < -0.39 is 18.1 Å². The van der Waals surface area contributed by atoms with Crippen LogP contribution in [0.3, 0.4) is 0 Å². The molecule has 0 spiro atoms. The number of amides is 1. The zero-order chi connectivity index (χ0) is 17.6. The first-order chi connectivity index (χ1) is 12.2. The molecule has 1 aliphatic carbocycles. The maximum absolute atomic E-state index is 12.6. The van der Waals surface area contributed by atoms with E-state index in [1.165, 1.54) is 44.1 Å². The summed E-state index contributed by atoms with van der Waals surface area (Å²) >= 11 is 0. The molecule has 3 rings (SSSR count). The molecule has 0 aromatic heterocycles. The first-order valence-electron chi connectivity index (χ1n) is 9.32. The third-order valence-electron chi connectivity index (χ3n) is 5.35. The Bertz CT molecular complexity index is 609. The zero-order valence-electron chi connectivity index (χ0n) is 14.9. The highest BCUT2D eigenvalue weighted by molar-refractivity contribution is 5.98. The van der Waals surface area contributed by atoms with Gasteiger partial charge in [-0.25, -0.2) is 9.59 Å². The maximum Gasteiger partial charge on any atom is 0.415 e. The second-order valence-corrected chi connectivity index (χ2v) is 7.00. The predicted molar refractivity (Wildman–Crippen MR) is 95.6 cm³/mol. The lowest BCUT2D eigenvalue weighted by Crippen LogP contribution is -2.43. The number of hydrogen-bond acceptors (Lipinski definition) is 4. The summed E-state index contributed by atoms with van der Waals surface area (Å²) in [5.41, 5.74) is 1.72. The molecule has 0 N–H and O–H groups in total. The van der Waals surface area contributed by atoms with Gasteiger partial charge in [0.05, 0.1) is 19.4 Å². The average Bonchev–Trinajstić information content (AvgIpc) is 3.05. The number of fused-ring (bicyclic) bond motifs is 1. The fourth-order valence-corrected chi connectivity index (χ4v) is 4.01. The molecular formula is C20H27NO4. The van der Waals surface area contributed by atoms with Crippen molar-refractivity contribution in [3.63, 3.8) is 0 Å². The van der Waals surface area contributed by atoms with Crippen LogP contribution in [-0.2, 0) is 20.7 Å². The predicted octanol–water partition coefficient (Wildman–Crippen LogP) is 4.09. The van der Waals surface area contributed by atoms with Gasteiger partial charge in [-0.15, -0.1) is 0 Å². The van der Waals surface area contributed by atoms with Crippen LogP contribution in [0, 0.1) is 5.92 Å². The smallest absolute Gasteiger partial charge is 0.415 e. The topological polar surface area (TPSA) is 55.8 Å². The molecule has 1 aliphatic heterocycles. The van der Waals surface area contributed by atoms with E-state index in [1.807, 2.05) is 24.3 Å². The van der Waals surface area contributed by atoms with E-state index in [1.54, 1.807) is 0 Å². The third kappa shape index (κ3) is 4.14. The number of nitrogens with zero attached hydrogens (tertiary/aromatic N) is 1. The van der Waals surface area contributed by atoms with Gasteiger partial charge < -0.3 is 9.47 Å². The molecule has 0 bridgehead atoms. The summed E-state index contributed by atoms with van der Waals surface area (Å²) in [7, 11) is 1.35. The van der Waals surface area contributed by atoms with Crippen LogP contribution >= 0.6 is 0 Å². The van der Waals surface area contributed by atoms with Gasteiger partial charge in [0, 0.05) is 6.42 Å². The molecular weight excluding hydrogens is 318 g/mol. The minimum absolute atomic E-state index is 0.405. The quantitative estimate of drug-likeness (QED) is 0.596. The van der Waals surface area contributed by atoms with Crippen molar-refractivity contribution >= 4 is 17.7 Å². The van der Waals surface area contributed by atoms with E-state index in [2.05, 4.69) is 0 Å².